The zero-order valence-electron chi connectivity index (χ0n) is 10.8. The summed E-state index contributed by atoms with van der Waals surface area (Å²) in [5.41, 5.74) is 6.63. The molecule has 1 unspecified atom stereocenters. The number of hydrogen-bond donors (Lipinski definition) is 3. The molecule has 0 saturated carbocycles. The van der Waals surface area contributed by atoms with Gasteiger partial charge >= 0.3 is 6.09 Å². The van der Waals surface area contributed by atoms with Gasteiger partial charge in [-0.25, -0.2) is 15.7 Å². The van der Waals surface area contributed by atoms with Crippen molar-refractivity contribution in [2.75, 3.05) is 18.7 Å². The second kappa shape index (κ2) is 6.83. The summed E-state index contributed by atoms with van der Waals surface area (Å²) in [6, 6.07) is 7.46. The monoisotopic (exact) mass is 253 g/mol. The van der Waals surface area contributed by atoms with Gasteiger partial charge in [-0.1, -0.05) is 12.1 Å². The molecule has 6 heteroatoms. The van der Waals surface area contributed by atoms with E-state index in [-0.39, 0.29) is 6.04 Å². The first-order valence-corrected chi connectivity index (χ1v) is 5.65. The molecule has 0 radical (unpaired) electrons. The van der Waals surface area contributed by atoms with E-state index in [0.29, 0.717) is 6.54 Å². The van der Waals surface area contributed by atoms with Crippen LogP contribution in [0, 0.1) is 6.92 Å². The fraction of sp³-hybridized carbons (Fsp3) is 0.417. The minimum absolute atomic E-state index is 0.206. The maximum absolute atomic E-state index is 11.3. The molecule has 0 aromatic heterocycles. The number of benzene rings is 1. The molecule has 3 N–H and O–H groups in total. The van der Waals surface area contributed by atoms with Crippen LogP contribution in [-0.4, -0.2) is 31.0 Å². The van der Waals surface area contributed by atoms with Gasteiger partial charge in [0.15, 0.2) is 0 Å². The molecule has 18 heavy (non-hydrogen) atoms. The third kappa shape index (κ3) is 4.23. The molecule has 0 aliphatic heterocycles. The number of carbonyl (C=O) groups is 1. The molecular weight excluding hydrogens is 234 g/mol. The van der Waals surface area contributed by atoms with E-state index in [1.54, 1.807) is 11.9 Å². The summed E-state index contributed by atoms with van der Waals surface area (Å²) >= 11 is 0. The van der Waals surface area contributed by atoms with E-state index in [9.17, 15) is 4.79 Å². The summed E-state index contributed by atoms with van der Waals surface area (Å²) in [6.07, 6.45) is -0.554. The average Bonchev–Trinajstić information content (AvgIpc) is 2.37. The number of rotatable bonds is 5. The maximum atomic E-state index is 11.3. The van der Waals surface area contributed by atoms with Crippen molar-refractivity contribution in [2.24, 2.45) is 0 Å². The van der Waals surface area contributed by atoms with Crippen LogP contribution in [0.1, 0.15) is 12.5 Å². The summed E-state index contributed by atoms with van der Waals surface area (Å²) in [5.74, 6) is 0. The molecule has 1 aromatic carbocycles. The lowest BCUT2D eigenvalue weighted by atomic mass is 10.2. The minimum Gasteiger partial charge on any atom is -0.452 e. The number of anilines is 1. The Morgan fingerprint density at radius 3 is 2.83 bits per heavy atom. The Balaban J connectivity index is 2.85. The van der Waals surface area contributed by atoms with Crippen molar-refractivity contribution in [1.29, 1.82) is 0 Å². The largest absolute Gasteiger partial charge is 0.452 e. The number of nitrogens with zero attached hydrogens (tertiary/aromatic N) is 1. The number of nitrogens with one attached hydrogen (secondary N) is 2. The first-order valence-electron chi connectivity index (χ1n) is 5.65. The van der Waals surface area contributed by atoms with Crippen LogP contribution < -0.4 is 15.9 Å². The Kier molecular flexibility index (Phi) is 5.41. The Bertz CT molecular complexity index is 398. The number of methoxy groups -OCH3 is 1. The molecule has 0 bridgehead atoms. The highest BCUT2D eigenvalue weighted by molar-refractivity contribution is 5.70. The fourth-order valence-corrected chi connectivity index (χ4v) is 1.48. The van der Waals surface area contributed by atoms with Gasteiger partial charge in [-0.05, 0) is 31.5 Å². The van der Waals surface area contributed by atoms with E-state index >= 15 is 0 Å². The number of carbonyl (C=O) groups excluding carboxylic acids is 1. The SMILES string of the molecule is COC(=O)NN(CC(C)NO)c1cccc(C)c1. The fourth-order valence-electron chi connectivity index (χ4n) is 1.48. The zero-order valence-corrected chi connectivity index (χ0v) is 10.8. The molecule has 1 atom stereocenters. The van der Waals surface area contributed by atoms with E-state index < -0.39 is 6.09 Å². The smallest absolute Gasteiger partial charge is 0.425 e. The number of ether oxygens (including phenoxy) is 1. The van der Waals surface area contributed by atoms with Gasteiger partial charge in [0.1, 0.15) is 0 Å². The lowest BCUT2D eigenvalue weighted by molar-refractivity contribution is 0.132. The Morgan fingerprint density at radius 2 is 2.28 bits per heavy atom. The van der Waals surface area contributed by atoms with Gasteiger partial charge in [-0.15, -0.1) is 0 Å². The summed E-state index contributed by atoms with van der Waals surface area (Å²) in [7, 11) is 1.30. The lowest BCUT2D eigenvalue weighted by Crippen LogP contribution is -2.48. The van der Waals surface area contributed by atoms with Crippen LogP contribution in [0.4, 0.5) is 10.5 Å². The van der Waals surface area contributed by atoms with Crippen molar-refractivity contribution in [3.8, 4) is 0 Å². The van der Waals surface area contributed by atoms with E-state index in [2.05, 4.69) is 15.6 Å². The molecule has 1 rings (SSSR count). The minimum atomic E-state index is -0.554. The molecular formula is C12H19N3O3. The Labute approximate surface area is 106 Å². The van der Waals surface area contributed by atoms with E-state index in [4.69, 9.17) is 5.21 Å². The van der Waals surface area contributed by atoms with Gasteiger partial charge in [0.25, 0.3) is 0 Å². The van der Waals surface area contributed by atoms with Crippen molar-refractivity contribution >= 4 is 11.8 Å². The zero-order chi connectivity index (χ0) is 13.5. The predicted octanol–water partition coefficient (Wildman–Crippen LogP) is 1.44. The first kappa shape index (κ1) is 14.3. The number of hydrazine groups is 1. The standard InChI is InChI=1S/C12H19N3O3/c1-9-5-4-6-11(7-9)15(8-10(2)14-17)13-12(16)18-3/h4-7,10,14,17H,8H2,1-3H3,(H,13,16). The Morgan fingerprint density at radius 1 is 1.56 bits per heavy atom. The van der Waals surface area contributed by atoms with Crippen LogP contribution in [0.25, 0.3) is 0 Å². The summed E-state index contributed by atoms with van der Waals surface area (Å²) in [6.45, 7) is 4.16. The third-order valence-electron chi connectivity index (χ3n) is 2.40. The molecule has 0 saturated heterocycles. The van der Waals surface area contributed by atoms with E-state index in [1.165, 1.54) is 7.11 Å². The van der Waals surface area contributed by atoms with E-state index in [0.717, 1.165) is 11.3 Å². The van der Waals surface area contributed by atoms with Crippen LogP contribution in [0.2, 0.25) is 0 Å². The van der Waals surface area contributed by atoms with Crippen molar-refractivity contribution in [3.05, 3.63) is 29.8 Å². The highest BCUT2D eigenvalue weighted by Gasteiger charge is 2.13. The summed E-state index contributed by atoms with van der Waals surface area (Å²) in [5, 5.41) is 10.5. The number of amides is 1. The average molecular weight is 253 g/mol. The van der Waals surface area contributed by atoms with Crippen LogP contribution in [0.15, 0.2) is 24.3 Å². The molecule has 0 spiro atoms. The van der Waals surface area contributed by atoms with Gasteiger partial charge in [0.2, 0.25) is 0 Å². The second-order valence-electron chi connectivity index (χ2n) is 4.08. The van der Waals surface area contributed by atoms with Crippen molar-refractivity contribution in [1.82, 2.24) is 10.9 Å². The topological polar surface area (TPSA) is 73.8 Å². The van der Waals surface area contributed by atoms with Crippen molar-refractivity contribution < 1.29 is 14.7 Å². The predicted molar refractivity (Wildman–Crippen MR) is 68.4 cm³/mol. The van der Waals surface area contributed by atoms with Gasteiger partial charge in [0, 0.05) is 6.04 Å². The highest BCUT2D eigenvalue weighted by atomic mass is 16.5. The van der Waals surface area contributed by atoms with Gasteiger partial charge in [-0.2, -0.15) is 0 Å². The molecule has 1 aromatic rings. The normalized spacial score (nSPS) is 11.8. The van der Waals surface area contributed by atoms with Crippen LogP contribution in [0.3, 0.4) is 0 Å². The lowest BCUT2D eigenvalue weighted by Gasteiger charge is -2.27. The quantitative estimate of drug-likeness (QED) is 0.692. The molecule has 0 aliphatic rings. The van der Waals surface area contributed by atoms with Crippen LogP contribution in [0.5, 0.6) is 0 Å². The van der Waals surface area contributed by atoms with Crippen molar-refractivity contribution in [2.45, 2.75) is 19.9 Å². The maximum Gasteiger partial charge on any atom is 0.425 e. The number of hydrogen-bond acceptors (Lipinski definition) is 5. The number of hydroxylamine groups is 1. The van der Waals surface area contributed by atoms with Gasteiger partial charge in [0.05, 0.1) is 19.3 Å². The molecule has 0 aliphatic carbocycles. The highest BCUT2D eigenvalue weighted by Crippen LogP contribution is 2.14. The summed E-state index contributed by atoms with van der Waals surface area (Å²) < 4.78 is 4.57. The van der Waals surface area contributed by atoms with E-state index in [1.807, 2.05) is 31.2 Å². The van der Waals surface area contributed by atoms with Crippen LogP contribution in [-0.2, 0) is 4.74 Å². The molecule has 1 amide bonds. The Hall–Kier alpha value is -1.79. The second-order valence-corrected chi connectivity index (χ2v) is 4.08. The first-order chi connectivity index (χ1) is 8.56. The van der Waals surface area contributed by atoms with Crippen molar-refractivity contribution in [3.63, 3.8) is 0 Å². The molecule has 0 heterocycles. The molecule has 100 valence electrons. The van der Waals surface area contributed by atoms with Gasteiger partial charge < -0.3 is 9.94 Å². The number of aryl methyl sites for hydroxylation is 1. The molecule has 6 nitrogen and oxygen atoms in total. The molecule has 0 fully saturated rings. The van der Waals surface area contributed by atoms with Gasteiger partial charge in [-0.3, -0.25) is 5.01 Å². The van der Waals surface area contributed by atoms with Crippen LogP contribution >= 0.6 is 0 Å². The summed E-state index contributed by atoms with van der Waals surface area (Å²) in [4.78, 5) is 11.3. The third-order valence-corrected chi connectivity index (χ3v) is 2.40.